The molecule has 5 atom stereocenters. The van der Waals surface area contributed by atoms with Crippen LogP contribution in [0.25, 0.3) is 17.2 Å². The summed E-state index contributed by atoms with van der Waals surface area (Å²) in [6.45, 7) is 2.20. The number of urea groups is 1. The summed E-state index contributed by atoms with van der Waals surface area (Å²) in [5.74, 6) is -1.78. The summed E-state index contributed by atoms with van der Waals surface area (Å²) in [5.41, 5.74) is 1.25. The average molecular weight is 620 g/mol. The van der Waals surface area contributed by atoms with E-state index in [0.717, 1.165) is 5.56 Å². The molecule has 4 N–H and O–H groups in total. The Morgan fingerprint density at radius 2 is 1.80 bits per heavy atom. The smallest absolute Gasteiger partial charge is 0.337 e. The third-order valence-electron chi connectivity index (χ3n) is 6.97. The lowest BCUT2D eigenvalue weighted by molar-refractivity contribution is -0.148. The number of benzene rings is 2. The number of hydrogen-bond acceptors (Lipinski definition) is 9. The second kappa shape index (κ2) is 12.4. The minimum absolute atomic E-state index is 0.0426. The van der Waals surface area contributed by atoms with E-state index < -0.39 is 48.7 Å². The number of carboxylic acids is 1. The number of nitrogens with zero attached hydrogens (tertiary/aromatic N) is 4. The fraction of sp³-hybridized carbons (Fsp3) is 0.241. The highest BCUT2D eigenvalue weighted by atomic mass is 35.5. The number of para-hydroxylation sites is 1. The van der Waals surface area contributed by atoms with E-state index >= 15 is 0 Å². The highest BCUT2D eigenvalue weighted by Crippen LogP contribution is 2.42. The molecular formula is C29H26ClN7O7. The van der Waals surface area contributed by atoms with Gasteiger partial charge in [-0.2, -0.15) is 0 Å². The molecule has 4 unspecified atom stereocenters. The molecule has 0 radical (unpaired) electrons. The van der Waals surface area contributed by atoms with Crippen molar-refractivity contribution in [1.82, 2.24) is 24.8 Å². The number of aromatic nitrogens is 4. The largest absolute Gasteiger partial charge is 0.478 e. The molecule has 0 spiro atoms. The fourth-order valence-corrected chi connectivity index (χ4v) is 5.24. The summed E-state index contributed by atoms with van der Waals surface area (Å²) in [7, 11) is 0. The van der Waals surface area contributed by atoms with Gasteiger partial charge in [-0.3, -0.25) is 14.7 Å². The van der Waals surface area contributed by atoms with Crippen LogP contribution in [0.3, 0.4) is 0 Å². The predicted molar refractivity (Wildman–Crippen MR) is 158 cm³/mol. The Bertz CT molecular complexity index is 1750. The first-order valence-corrected chi connectivity index (χ1v) is 14.0. The van der Waals surface area contributed by atoms with Gasteiger partial charge in [0.2, 0.25) is 0 Å². The van der Waals surface area contributed by atoms with Gasteiger partial charge in [0.05, 0.1) is 22.6 Å². The lowest BCUT2D eigenvalue weighted by atomic mass is 10.1. The summed E-state index contributed by atoms with van der Waals surface area (Å²) in [4.78, 5) is 50.5. The lowest BCUT2D eigenvalue weighted by Gasteiger charge is -2.20. The maximum atomic E-state index is 13.6. The molecule has 2 fully saturated rings. The number of ether oxygens (including phenoxy) is 3. The van der Waals surface area contributed by atoms with Crippen LogP contribution in [0.15, 0.2) is 67.3 Å². The van der Waals surface area contributed by atoms with Gasteiger partial charge in [-0.15, -0.1) is 0 Å². The van der Waals surface area contributed by atoms with Crippen molar-refractivity contribution in [2.45, 2.75) is 37.8 Å². The van der Waals surface area contributed by atoms with Crippen LogP contribution in [0.1, 0.15) is 29.1 Å². The van der Waals surface area contributed by atoms with Crippen molar-refractivity contribution in [2.75, 3.05) is 17.2 Å². The zero-order valence-electron chi connectivity index (χ0n) is 23.1. The first-order chi connectivity index (χ1) is 21.3. The number of aromatic carboxylic acids is 1. The minimum atomic E-state index is -1.26. The molecule has 2 aliphatic heterocycles. The summed E-state index contributed by atoms with van der Waals surface area (Å²) in [5, 5.41) is 17.5. The Morgan fingerprint density at radius 1 is 1.00 bits per heavy atom. The van der Waals surface area contributed by atoms with E-state index in [4.69, 9.17) is 25.8 Å². The Kier molecular flexibility index (Phi) is 8.21. The van der Waals surface area contributed by atoms with Crippen LogP contribution in [0.5, 0.6) is 0 Å². The molecule has 0 saturated carbocycles. The normalized spacial score (nSPS) is 22.6. The van der Waals surface area contributed by atoms with Crippen LogP contribution in [0.4, 0.5) is 16.3 Å². The van der Waals surface area contributed by atoms with Gasteiger partial charge in [0, 0.05) is 6.54 Å². The van der Waals surface area contributed by atoms with Gasteiger partial charge in [0.25, 0.3) is 5.91 Å². The summed E-state index contributed by atoms with van der Waals surface area (Å²) in [6, 6.07) is 13.3. The SMILES string of the molecule is CCNC(=O)Nc1ncnc2c1ncn2C1OC(C(=O)Nc2c(Cl)cccc2C(=O)O)C2O[C@H](/C=C/c3ccccc3)OC21. The molecule has 4 aromatic rings. The molecule has 15 heteroatoms. The molecule has 0 aliphatic carbocycles. The van der Waals surface area contributed by atoms with Crippen molar-refractivity contribution >= 4 is 58.3 Å². The number of carboxylic acid groups (broad SMARTS) is 1. The number of halogens is 1. The molecular weight excluding hydrogens is 594 g/mol. The van der Waals surface area contributed by atoms with Gasteiger partial charge in [-0.25, -0.2) is 24.5 Å². The third-order valence-corrected chi connectivity index (χ3v) is 7.28. The number of carbonyl (C=O) groups is 3. The Hall–Kier alpha value is -4.89. The Labute approximate surface area is 255 Å². The van der Waals surface area contributed by atoms with E-state index in [0.29, 0.717) is 12.2 Å². The zero-order valence-corrected chi connectivity index (χ0v) is 23.8. The molecule has 14 nitrogen and oxygen atoms in total. The first kappa shape index (κ1) is 29.2. The highest BCUT2D eigenvalue weighted by Gasteiger charge is 2.56. The highest BCUT2D eigenvalue weighted by molar-refractivity contribution is 6.34. The van der Waals surface area contributed by atoms with E-state index in [2.05, 4.69) is 30.9 Å². The number of fused-ring (bicyclic) bond motifs is 2. The van der Waals surface area contributed by atoms with E-state index in [1.165, 1.54) is 30.9 Å². The monoisotopic (exact) mass is 619 g/mol. The molecule has 44 heavy (non-hydrogen) atoms. The van der Waals surface area contributed by atoms with Gasteiger partial charge in [0.1, 0.15) is 18.5 Å². The number of anilines is 2. The van der Waals surface area contributed by atoms with Crippen molar-refractivity contribution in [2.24, 2.45) is 0 Å². The van der Waals surface area contributed by atoms with Crippen LogP contribution in [0, 0.1) is 0 Å². The van der Waals surface area contributed by atoms with Gasteiger partial charge in [0.15, 0.2) is 35.6 Å². The van der Waals surface area contributed by atoms with Gasteiger partial charge in [-0.05, 0) is 30.7 Å². The summed E-state index contributed by atoms with van der Waals surface area (Å²) < 4.78 is 20.2. The van der Waals surface area contributed by atoms with Crippen molar-refractivity contribution in [1.29, 1.82) is 0 Å². The molecule has 3 amide bonds. The molecule has 226 valence electrons. The van der Waals surface area contributed by atoms with Crippen molar-refractivity contribution in [3.63, 3.8) is 0 Å². The van der Waals surface area contributed by atoms with Crippen molar-refractivity contribution in [3.05, 3.63) is 83.4 Å². The second-order valence-corrected chi connectivity index (χ2v) is 10.2. The number of carbonyl (C=O) groups excluding carboxylic acids is 2. The van der Waals surface area contributed by atoms with Crippen molar-refractivity contribution in [3.8, 4) is 0 Å². The molecule has 2 saturated heterocycles. The minimum Gasteiger partial charge on any atom is -0.478 e. The standard InChI is InChI=1S/C29H26ClN7O7/c1-2-31-29(41)36-24-20-25(33-13-32-24)37(14-34-20)27-23-21(42-18(43-23)12-11-15-7-4-3-5-8-15)22(44-27)26(38)35-19-16(28(39)40)9-6-10-17(19)30/h3-14,18,21-23,27H,2H2,1H3,(H,35,38)(H,39,40)(H2,31,32,33,36,41)/b12-11+/t18-,21?,22?,23?,27?/m0/s1. The lowest BCUT2D eigenvalue weighted by Crippen LogP contribution is -2.38. The van der Waals surface area contributed by atoms with E-state index in [9.17, 15) is 19.5 Å². The van der Waals surface area contributed by atoms with Gasteiger partial charge in [-0.1, -0.05) is 54.1 Å². The maximum Gasteiger partial charge on any atom is 0.337 e. The van der Waals surface area contributed by atoms with Crippen LogP contribution in [0.2, 0.25) is 5.02 Å². The first-order valence-electron chi connectivity index (χ1n) is 13.6. The van der Waals surface area contributed by atoms with Crippen LogP contribution < -0.4 is 16.0 Å². The molecule has 2 aromatic carbocycles. The number of nitrogens with one attached hydrogen (secondary N) is 3. The quantitative estimate of drug-likeness (QED) is 0.227. The van der Waals surface area contributed by atoms with Crippen LogP contribution in [-0.2, 0) is 19.0 Å². The topological polar surface area (TPSA) is 179 Å². The number of imidazole rings is 1. The average Bonchev–Trinajstić information content (AvgIpc) is 3.72. The number of hydrogen-bond donors (Lipinski definition) is 4. The maximum absolute atomic E-state index is 13.6. The van der Waals surface area contributed by atoms with Gasteiger partial charge < -0.3 is 30.0 Å². The summed E-state index contributed by atoms with van der Waals surface area (Å²) >= 11 is 6.26. The molecule has 0 bridgehead atoms. The molecule has 2 aromatic heterocycles. The second-order valence-electron chi connectivity index (χ2n) is 9.77. The molecule has 2 aliphatic rings. The summed E-state index contributed by atoms with van der Waals surface area (Å²) in [6.07, 6.45) is 1.51. The Balaban J connectivity index is 1.32. The van der Waals surface area contributed by atoms with E-state index in [1.54, 1.807) is 17.6 Å². The van der Waals surface area contributed by atoms with E-state index in [-0.39, 0.29) is 27.6 Å². The number of rotatable bonds is 8. The fourth-order valence-electron chi connectivity index (χ4n) is 5.02. The zero-order chi connectivity index (χ0) is 30.8. The van der Waals surface area contributed by atoms with Crippen LogP contribution >= 0.6 is 11.6 Å². The third kappa shape index (κ3) is 5.70. The Morgan fingerprint density at radius 3 is 2.57 bits per heavy atom. The van der Waals surface area contributed by atoms with E-state index in [1.807, 2.05) is 36.4 Å². The van der Waals surface area contributed by atoms with Crippen molar-refractivity contribution < 1.29 is 33.7 Å². The number of amides is 3. The molecule has 6 rings (SSSR count). The molecule has 4 heterocycles. The van der Waals surface area contributed by atoms with Gasteiger partial charge >= 0.3 is 12.0 Å². The van der Waals surface area contributed by atoms with Crippen LogP contribution in [-0.4, -0.2) is 73.7 Å². The predicted octanol–water partition coefficient (Wildman–Crippen LogP) is 3.68.